The van der Waals surface area contributed by atoms with Crippen LogP contribution in [0.4, 0.5) is 20.5 Å². The molecule has 0 saturated carbocycles. The maximum Gasteiger partial charge on any atom is 0.229 e. The fourth-order valence-corrected chi connectivity index (χ4v) is 5.91. The molecule has 5 rings (SSSR count). The molecule has 1 saturated heterocycles. The molecule has 210 valence electrons. The first-order chi connectivity index (χ1) is 19.2. The molecule has 4 heterocycles. The predicted molar refractivity (Wildman–Crippen MR) is 152 cm³/mol. The van der Waals surface area contributed by atoms with Crippen molar-refractivity contribution in [1.82, 2.24) is 29.4 Å². The number of fused-ring (bicyclic) bond motifs is 1. The van der Waals surface area contributed by atoms with Crippen LogP contribution < -0.4 is 5.32 Å². The van der Waals surface area contributed by atoms with Crippen LogP contribution in [0.5, 0.6) is 0 Å². The van der Waals surface area contributed by atoms with Crippen LogP contribution in [0.2, 0.25) is 0 Å². The van der Waals surface area contributed by atoms with Gasteiger partial charge in [0.25, 0.3) is 0 Å². The van der Waals surface area contributed by atoms with E-state index in [4.69, 9.17) is 0 Å². The van der Waals surface area contributed by atoms with Crippen molar-refractivity contribution in [2.45, 2.75) is 59.4 Å². The summed E-state index contributed by atoms with van der Waals surface area (Å²) >= 11 is 0. The van der Waals surface area contributed by atoms with Gasteiger partial charge in [0.05, 0.1) is 11.7 Å². The van der Waals surface area contributed by atoms with Gasteiger partial charge in [0, 0.05) is 23.7 Å². The number of imidazole rings is 1. The number of hydrogen-bond donors (Lipinski definition) is 1. The third-order valence-corrected chi connectivity index (χ3v) is 7.83. The van der Waals surface area contributed by atoms with Crippen molar-refractivity contribution in [1.29, 1.82) is 0 Å². The number of likely N-dealkylation sites (tertiary alicyclic amines) is 1. The number of aryl methyl sites for hydroxylation is 1. The van der Waals surface area contributed by atoms with E-state index < -0.39 is 11.6 Å². The maximum absolute atomic E-state index is 15.0. The summed E-state index contributed by atoms with van der Waals surface area (Å²) in [7, 11) is 0. The van der Waals surface area contributed by atoms with Crippen LogP contribution in [-0.4, -0.2) is 54.8 Å². The lowest BCUT2D eigenvalue weighted by molar-refractivity contribution is -0.120. The van der Waals surface area contributed by atoms with Gasteiger partial charge in [0.15, 0.2) is 11.6 Å². The zero-order valence-corrected chi connectivity index (χ0v) is 23.6. The first-order valence-electron chi connectivity index (χ1n) is 13.8. The Labute approximate surface area is 232 Å². The van der Waals surface area contributed by atoms with E-state index in [0.29, 0.717) is 17.2 Å². The molecule has 4 aromatic rings. The van der Waals surface area contributed by atoms with Crippen molar-refractivity contribution in [2.24, 2.45) is 5.92 Å². The van der Waals surface area contributed by atoms with Gasteiger partial charge in [-0.25, -0.2) is 28.7 Å². The molecule has 8 nitrogen and oxygen atoms in total. The second-order valence-electron chi connectivity index (χ2n) is 10.8. The normalized spacial score (nSPS) is 15.6. The third-order valence-electron chi connectivity index (χ3n) is 7.83. The number of nitrogens with one attached hydrogen (secondary N) is 1. The molecule has 0 aliphatic carbocycles. The maximum atomic E-state index is 15.0. The van der Waals surface area contributed by atoms with Gasteiger partial charge < -0.3 is 14.8 Å². The third kappa shape index (κ3) is 5.45. The summed E-state index contributed by atoms with van der Waals surface area (Å²) in [6.07, 6.45) is 4.73. The van der Waals surface area contributed by atoms with Crippen LogP contribution in [0.15, 0.2) is 36.7 Å². The number of aromatic nitrogens is 5. The first kappa shape index (κ1) is 27.8. The van der Waals surface area contributed by atoms with Crippen LogP contribution in [0.3, 0.4) is 0 Å². The largest absolute Gasteiger partial charge is 0.326 e. The topological polar surface area (TPSA) is 88.8 Å². The van der Waals surface area contributed by atoms with Crippen molar-refractivity contribution in [2.75, 3.05) is 25.0 Å². The van der Waals surface area contributed by atoms with Crippen LogP contribution >= 0.6 is 0 Å². The van der Waals surface area contributed by atoms with E-state index in [2.05, 4.69) is 37.1 Å². The fourth-order valence-electron chi connectivity index (χ4n) is 5.91. The van der Waals surface area contributed by atoms with Crippen molar-refractivity contribution in [3.05, 3.63) is 59.7 Å². The molecule has 40 heavy (non-hydrogen) atoms. The van der Waals surface area contributed by atoms with E-state index in [0.717, 1.165) is 44.2 Å². The van der Waals surface area contributed by atoms with Gasteiger partial charge in [-0.2, -0.15) is 0 Å². The molecule has 1 unspecified atom stereocenters. The van der Waals surface area contributed by atoms with Crippen LogP contribution in [-0.2, 0) is 4.79 Å². The minimum atomic E-state index is -0.668. The average Bonchev–Trinajstić information content (AvgIpc) is 3.27. The Morgan fingerprint density at radius 3 is 2.45 bits per heavy atom. The molecular weight excluding hydrogens is 512 g/mol. The number of carbonyl (C=O) groups excluding carboxylic acids is 1. The second-order valence-corrected chi connectivity index (χ2v) is 10.8. The van der Waals surface area contributed by atoms with Crippen LogP contribution in [0, 0.1) is 24.5 Å². The van der Waals surface area contributed by atoms with E-state index >= 15 is 4.39 Å². The molecule has 0 radical (unpaired) electrons. The lowest BCUT2D eigenvalue weighted by Gasteiger charge is -2.34. The number of piperidine rings is 1. The highest BCUT2D eigenvalue weighted by Crippen LogP contribution is 2.34. The average molecular weight is 548 g/mol. The van der Waals surface area contributed by atoms with Gasteiger partial charge in [0.2, 0.25) is 5.95 Å². The number of nitrogens with zero attached hydrogens (tertiary/aromatic N) is 6. The molecule has 1 atom stereocenters. The van der Waals surface area contributed by atoms with Crippen LogP contribution in [0.1, 0.15) is 63.9 Å². The van der Waals surface area contributed by atoms with Crippen LogP contribution in [0.25, 0.3) is 22.3 Å². The standard InChI is InChI=1S/C30H35F2N7O/c1-6-38-11-9-20(10-12-38)27(18(4)40)21-7-8-26(33-15-21)36-30-34-16-24(32)28(37-30)22-13-23(31)29-25(14-22)39(17(2)3)19(5)35-29/h7-8,13-17,20,27H,6,9-12H2,1-5H3,(H,33,34,36,37). The molecular formula is C30H35F2N7O. The second kappa shape index (κ2) is 11.4. The number of Topliss-reactive ketones (excluding diaryl/α,β-unsaturated/α-hetero) is 1. The highest BCUT2D eigenvalue weighted by atomic mass is 19.1. The summed E-state index contributed by atoms with van der Waals surface area (Å²) in [4.78, 5) is 32.3. The summed E-state index contributed by atoms with van der Waals surface area (Å²) in [5.74, 6) is 0.292. The van der Waals surface area contributed by atoms with E-state index in [-0.39, 0.29) is 46.4 Å². The van der Waals surface area contributed by atoms with Gasteiger partial charge in [-0.1, -0.05) is 13.0 Å². The summed E-state index contributed by atoms with van der Waals surface area (Å²) in [6.45, 7) is 12.6. The Kier molecular flexibility index (Phi) is 7.89. The first-order valence-corrected chi connectivity index (χ1v) is 13.8. The SMILES string of the molecule is CCN1CCC(C(C(C)=O)c2ccc(Nc3ncc(F)c(-c4cc(F)c5nc(C)n(C(C)C)c5c4)n3)nc2)CC1. The number of halogens is 2. The Morgan fingerprint density at radius 1 is 1.07 bits per heavy atom. The zero-order valence-electron chi connectivity index (χ0n) is 23.6. The van der Waals surface area contributed by atoms with E-state index in [1.807, 2.05) is 31.4 Å². The zero-order chi connectivity index (χ0) is 28.6. The van der Waals surface area contributed by atoms with Gasteiger partial charge in [-0.05, 0) is 89.9 Å². The van der Waals surface area contributed by atoms with E-state index in [1.54, 1.807) is 25.3 Å². The number of anilines is 2. The van der Waals surface area contributed by atoms with Gasteiger partial charge in [-0.15, -0.1) is 0 Å². The minimum absolute atomic E-state index is 0.0286. The van der Waals surface area contributed by atoms with Crippen molar-refractivity contribution in [3.63, 3.8) is 0 Å². The number of benzene rings is 1. The minimum Gasteiger partial charge on any atom is -0.326 e. The molecule has 10 heteroatoms. The van der Waals surface area contributed by atoms with Crippen molar-refractivity contribution >= 4 is 28.6 Å². The molecule has 0 spiro atoms. The monoisotopic (exact) mass is 547 g/mol. The Balaban J connectivity index is 1.39. The number of hydrogen-bond acceptors (Lipinski definition) is 7. The summed E-state index contributed by atoms with van der Waals surface area (Å²) in [5.41, 5.74) is 1.96. The molecule has 3 aromatic heterocycles. The fraction of sp³-hybridized carbons (Fsp3) is 0.433. The number of pyridine rings is 1. The smallest absolute Gasteiger partial charge is 0.229 e. The number of rotatable bonds is 8. The molecule has 1 fully saturated rings. The number of ketones is 1. The molecule has 0 bridgehead atoms. The van der Waals surface area contributed by atoms with Gasteiger partial charge >= 0.3 is 0 Å². The van der Waals surface area contributed by atoms with Gasteiger partial charge in [-0.3, -0.25) is 4.79 Å². The van der Waals surface area contributed by atoms with Crippen molar-refractivity contribution < 1.29 is 13.6 Å². The molecule has 1 aliphatic heterocycles. The van der Waals surface area contributed by atoms with Crippen molar-refractivity contribution in [3.8, 4) is 11.3 Å². The lowest BCUT2D eigenvalue weighted by atomic mass is 9.78. The van der Waals surface area contributed by atoms with E-state index in [9.17, 15) is 9.18 Å². The Morgan fingerprint density at radius 2 is 1.82 bits per heavy atom. The quantitative estimate of drug-likeness (QED) is 0.281. The predicted octanol–water partition coefficient (Wildman–Crippen LogP) is 6.20. The molecule has 1 aliphatic rings. The Hall–Kier alpha value is -3.79. The van der Waals surface area contributed by atoms with Gasteiger partial charge in [0.1, 0.15) is 28.6 Å². The summed E-state index contributed by atoms with van der Waals surface area (Å²) < 4.78 is 31.8. The Bertz CT molecular complexity index is 1530. The molecule has 0 amide bonds. The number of carbonyl (C=O) groups is 1. The van der Waals surface area contributed by atoms with E-state index in [1.165, 1.54) is 6.07 Å². The molecule has 1 aromatic carbocycles. The summed E-state index contributed by atoms with van der Waals surface area (Å²) in [5, 5.41) is 3.01. The highest BCUT2D eigenvalue weighted by Gasteiger charge is 2.30. The highest BCUT2D eigenvalue weighted by molar-refractivity contribution is 5.84. The molecule has 1 N–H and O–H groups in total. The lowest BCUT2D eigenvalue weighted by Crippen LogP contribution is -2.36. The summed E-state index contributed by atoms with van der Waals surface area (Å²) in [6, 6.07) is 6.67.